The van der Waals surface area contributed by atoms with Crippen LogP contribution in [0.1, 0.15) is 24.2 Å². The number of aromatic amines is 1. The standard InChI is InChI=1S/C28H31Cl2N7O3S/c1-17(25-22(29)10-31-11-23(25)30)40-20-5-6-24-21(8-20)26(34-33-24)18-7-19(12-35(2)3)27(32-9-18)36-13-28(14-36)15-37(16-28)41(4,38)39/h5-11,17H,12-16H2,1-4H3,(H,33,34). The van der Waals surface area contributed by atoms with E-state index in [-0.39, 0.29) is 5.41 Å². The lowest BCUT2D eigenvalue weighted by atomic mass is 9.74. The summed E-state index contributed by atoms with van der Waals surface area (Å²) in [6.45, 7) is 5.34. The van der Waals surface area contributed by atoms with Crippen molar-refractivity contribution in [1.82, 2.24) is 29.4 Å². The van der Waals surface area contributed by atoms with E-state index in [9.17, 15) is 8.42 Å². The van der Waals surface area contributed by atoms with Crippen LogP contribution >= 0.6 is 23.2 Å². The molecule has 6 rings (SSSR count). The van der Waals surface area contributed by atoms with E-state index in [1.54, 1.807) is 16.7 Å². The molecule has 1 N–H and O–H groups in total. The number of benzene rings is 1. The number of rotatable bonds is 8. The maximum atomic E-state index is 11.8. The molecule has 1 spiro atoms. The van der Waals surface area contributed by atoms with Gasteiger partial charge in [0.2, 0.25) is 10.0 Å². The lowest BCUT2D eigenvalue weighted by Crippen LogP contribution is -2.73. The van der Waals surface area contributed by atoms with Gasteiger partial charge in [-0.1, -0.05) is 23.2 Å². The van der Waals surface area contributed by atoms with Gasteiger partial charge < -0.3 is 14.5 Å². The van der Waals surface area contributed by atoms with Crippen LogP contribution in [0.2, 0.25) is 10.0 Å². The molecule has 2 fully saturated rings. The molecule has 2 aliphatic heterocycles. The first-order chi connectivity index (χ1) is 19.4. The minimum atomic E-state index is -3.14. The van der Waals surface area contributed by atoms with Gasteiger partial charge in [-0.2, -0.15) is 5.10 Å². The largest absolute Gasteiger partial charge is 0.486 e. The fourth-order valence-electron chi connectivity index (χ4n) is 5.78. The van der Waals surface area contributed by atoms with Crippen molar-refractivity contribution in [2.75, 3.05) is 51.4 Å². The minimum absolute atomic E-state index is 0.0233. The number of pyridine rings is 2. The molecule has 41 heavy (non-hydrogen) atoms. The van der Waals surface area contributed by atoms with Gasteiger partial charge in [0, 0.05) is 78.8 Å². The molecule has 5 heterocycles. The first-order valence-corrected chi connectivity index (χ1v) is 15.8. The summed E-state index contributed by atoms with van der Waals surface area (Å²) in [7, 11) is 0.919. The number of hydrogen-bond donors (Lipinski definition) is 1. The molecule has 4 aromatic rings. The Labute approximate surface area is 249 Å². The highest BCUT2D eigenvalue weighted by Crippen LogP contribution is 2.44. The van der Waals surface area contributed by atoms with Crippen LogP contribution < -0.4 is 9.64 Å². The van der Waals surface area contributed by atoms with E-state index in [0.717, 1.165) is 46.6 Å². The molecule has 0 aliphatic carbocycles. The number of fused-ring (bicyclic) bond motifs is 1. The first-order valence-electron chi connectivity index (χ1n) is 13.2. The van der Waals surface area contributed by atoms with Crippen LogP contribution in [0.25, 0.3) is 22.2 Å². The van der Waals surface area contributed by atoms with Crippen LogP contribution in [0.4, 0.5) is 5.82 Å². The topological polar surface area (TPSA) is 108 Å². The SMILES string of the molecule is CC(Oc1ccc2[nH]nc(-c3cnc(N4CC5(C4)CN(S(C)(=O)=O)C5)c(CN(C)C)c3)c2c1)c1c(Cl)cncc1Cl. The zero-order valence-corrected chi connectivity index (χ0v) is 25.6. The van der Waals surface area contributed by atoms with Gasteiger partial charge in [-0.05, 0) is 45.3 Å². The summed E-state index contributed by atoms with van der Waals surface area (Å²) in [6.07, 6.45) is 5.84. The fraction of sp³-hybridized carbons (Fsp3) is 0.393. The van der Waals surface area contributed by atoms with Crippen molar-refractivity contribution in [2.45, 2.75) is 19.6 Å². The van der Waals surface area contributed by atoms with Gasteiger partial charge in [0.25, 0.3) is 0 Å². The Morgan fingerprint density at radius 2 is 1.80 bits per heavy atom. The van der Waals surface area contributed by atoms with Gasteiger partial charge in [0.1, 0.15) is 23.4 Å². The third-order valence-electron chi connectivity index (χ3n) is 7.69. The summed E-state index contributed by atoms with van der Waals surface area (Å²) in [5.41, 5.74) is 4.34. The average molecular weight is 617 g/mol. The highest BCUT2D eigenvalue weighted by atomic mass is 35.5. The Kier molecular flexibility index (Phi) is 7.14. The Bertz CT molecular complexity index is 1710. The number of H-pyrrole nitrogens is 1. The third-order valence-corrected chi connectivity index (χ3v) is 9.49. The van der Waals surface area contributed by atoms with Crippen LogP contribution in [0, 0.1) is 5.41 Å². The number of hydrogen-bond acceptors (Lipinski definition) is 8. The predicted molar refractivity (Wildman–Crippen MR) is 161 cm³/mol. The average Bonchev–Trinajstić information content (AvgIpc) is 3.25. The van der Waals surface area contributed by atoms with E-state index < -0.39 is 16.1 Å². The molecule has 13 heteroatoms. The molecule has 0 amide bonds. The van der Waals surface area contributed by atoms with Gasteiger partial charge in [-0.15, -0.1) is 0 Å². The summed E-state index contributed by atoms with van der Waals surface area (Å²) >= 11 is 12.7. The second-order valence-corrected chi connectivity index (χ2v) is 14.2. The molecule has 2 saturated heterocycles. The molecule has 0 saturated carbocycles. The number of nitrogens with zero attached hydrogens (tertiary/aromatic N) is 6. The van der Waals surface area contributed by atoms with Gasteiger partial charge in [-0.25, -0.2) is 17.7 Å². The van der Waals surface area contributed by atoms with Crippen molar-refractivity contribution >= 4 is 49.9 Å². The van der Waals surface area contributed by atoms with E-state index in [4.69, 9.17) is 32.9 Å². The number of anilines is 1. The van der Waals surface area contributed by atoms with E-state index in [0.29, 0.717) is 41.0 Å². The van der Waals surface area contributed by atoms with Gasteiger partial charge in [0.15, 0.2) is 0 Å². The zero-order chi connectivity index (χ0) is 29.1. The number of ether oxygens (including phenoxy) is 1. The van der Waals surface area contributed by atoms with Crippen molar-refractivity contribution in [3.63, 3.8) is 0 Å². The van der Waals surface area contributed by atoms with Gasteiger partial charge in [-0.3, -0.25) is 10.1 Å². The van der Waals surface area contributed by atoms with Crippen LogP contribution in [0.3, 0.4) is 0 Å². The molecule has 3 aromatic heterocycles. The molecule has 10 nitrogen and oxygen atoms in total. The number of halogens is 2. The molecule has 1 unspecified atom stereocenters. The normalized spacial score (nSPS) is 17.6. The lowest BCUT2D eigenvalue weighted by Gasteiger charge is -2.59. The van der Waals surface area contributed by atoms with Crippen molar-refractivity contribution in [3.05, 3.63) is 64.0 Å². The fourth-order valence-corrected chi connectivity index (χ4v) is 7.47. The minimum Gasteiger partial charge on any atom is -0.486 e. The van der Waals surface area contributed by atoms with Gasteiger partial charge in [0.05, 0.1) is 21.8 Å². The highest BCUT2D eigenvalue weighted by molar-refractivity contribution is 7.88. The third kappa shape index (κ3) is 5.37. The number of aromatic nitrogens is 4. The summed E-state index contributed by atoms with van der Waals surface area (Å²) in [4.78, 5) is 13.3. The van der Waals surface area contributed by atoms with E-state index >= 15 is 0 Å². The van der Waals surface area contributed by atoms with E-state index in [1.807, 2.05) is 45.4 Å². The predicted octanol–water partition coefficient (Wildman–Crippen LogP) is 4.61. The molecule has 1 atom stereocenters. The second kappa shape index (κ2) is 10.4. The maximum Gasteiger partial charge on any atom is 0.211 e. The van der Waals surface area contributed by atoms with E-state index in [2.05, 4.69) is 31.0 Å². The molecule has 216 valence electrons. The Morgan fingerprint density at radius 3 is 2.46 bits per heavy atom. The Balaban J connectivity index is 1.26. The molecule has 0 radical (unpaired) electrons. The van der Waals surface area contributed by atoms with Crippen LogP contribution in [0.15, 0.2) is 42.9 Å². The van der Waals surface area contributed by atoms with Crippen molar-refractivity contribution in [2.24, 2.45) is 5.41 Å². The summed E-state index contributed by atoms with van der Waals surface area (Å²) in [5, 5.41) is 9.55. The first kappa shape index (κ1) is 28.2. The second-order valence-electron chi connectivity index (χ2n) is 11.4. The number of sulfonamides is 1. The van der Waals surface area contributed by atoms with Gasteiger partial charge >= 0.3 is 0 Å². The van der Waals surface area contributed by atoms with E-state index in [1.165, 1.54) is 6.26 Å². The smallest absolute Gasteiger partial charge is 0.211 e. The van der Waals surface area contributed by atoms with Crippen molar-refractivity contribution in [1.29, 1.82) is 0 Å². The van der Waals surface area contributed by atoms with Crippen LogP contribution in [-0.4, -0.2) is 84.3 Å². The lowest BCUT2D eigenvalue weighted by molar-refractivity contribution is 0.0393. The highest BCUT2D eigenvalue weighted by Gasteiger charge is 2.54. The molecular formula is C28H31Cl2N7O3S. The maximum absolute atomic E-state index is 11.8. The molecular weight excluding hydrogens is 585 g/mol. The Hall–Kier alpha value is -2.96. The van der Waals surface area contributed by atoms with Crippen LogP contribution in [-0.2, 0) is 16.6 Å². The quantitative estimate of drug-likeness (QED) is 0.306. The molecule has 0 bridgehead atoms. The van der Waals surface area contributed by atoms with Crippen molar-refractivity contribution in [3.8, 4) is 17.0 Å². The molecule has 1 aromatic carbocycles. The van der Waals surface area contributed by atoms with Crippen molar-refractivity contribution < 1.29 is 13.2 Å². The monoisotopic (exact) mass is 615 g/mol. The summed E-state index contributed by atoms with van der Waals surface area (Å²) in [5.74, 6) is 1.58. The zero-order valence-electron chi connectivity index (χ0n) is 23.2. The molecule has 2 aliphatic rings. The van der Waals surface area contributed by atoms with Crippen LogP contribution in [0.5, 0.6) is 5.75 Å². The summed E-state index contributed by atoms with van der Waals surface area (Å²) < 4.78 is 31.5. The Morgan fingerprint density at radius 1 is 1.10 bits per heavy atom. The number of nitrogens with one attached hydrogen (secondary N) is 1. The summed E-state index contributed by atoms with van der Waals surface area (Å²) in [6, 6.07) is 7.91.